The zero-order valence-corrected chi connectivity index (χ0v) is 12.1. The lowest BCUT2D eigenvalue weighted by molar-refractivity contribution is 0.123. The van der Waals surface area contributed by atoms with E-state index in [4.69, 9.17) is 9.47 Å². The molecule has 1 fully saturated rings. The minimum atomic E-state index is -0.0767. The quantitative estimate of drug-likeness (QED) is 0.771. The lowest BCUT2D eigenvalue weighted by Gasteiger charge is -2.22. The molecule has 5 nitrogen and oxygen atoms in total. The molecule has 2 amide bonds. The molecule has 5 heteroatoms. The predicted octanol–water partition coefficient (Wildman–Crippen LogP) is 2.14. The van der Waals surface area contributed by atoms with Crippen LogP contribution in [0.3, 0.4) is 0 Å². The zero-order valence-electron chi connectivity index (χ0n) is 12.1. The zero-order chi connectivity index (χ0) is 13.9. The van der Waals surface area contributed by atoms with Gasteiger partial charge in [-0.05, 0) is 25.7 Å². The molecule has 0 aromatic carbocycles. The minimum absolute atomic E-state index is 0.0767. The second-order valence-corrected chi connectivity index (χ2v) is 4.79. The first-order valence-electron chi connectivity index (χ1n) is 6.99. The molecule has 0 saturated heterocycles. The van der Waals surface area contributed by atoms with Gasteiger partial charge in [0.05, 0.1) is 13.2 Å². The van der Waals surface area contributed by atoms with Crippen LogP contribution in [0.2, 0.25) is 0 Å². The number of methoxy groups -OCH3 is 2. The highest BCUT2D eigenvalue weighted by molar-refractivity contribution is 5.75. The Labute approximate surface area is 115 Å². The molecule has 0 aromatic rings. The molecular formula is C14H26N2O3. The van der Waals surface area contributed by atoms with E-state index in [1.54, 1.807) is 19.1 Å². The lowest BCUT2D eigenvalue weighted by Crippen LogP contribution is -2.41. The van der Waals surface area contributed by atoms with E-state index >= 15 is 0 Å². The van der Waals surface area contributed by atoms with E-state index in [9.17, 15) is 4.79 Å². The summed E-state index contributed by atoms with van der Waals surface area (Å²) in [7, 11) is 3.27. The van der Waals surface area contributed by atoms with Crippen molar-refractivity contribution in [1.82, 2.24) is 10.2 Å². The van der Waals surface area contributed by atoms with Gasteiger partial charge in [-0.25, -0.2) is 4.79 Å². The number of hydrogen-bond acceptors (Lipinski definition) is 3. The third-order valence-electron chi connectivity index (χ3n) is 3.31. The number of nitrogens with one attached hydrogen (secondary N) is 1. The molecule has 0 bridgehead atoms. The van der Waals surface area contributed by atoms with Crippen molar-refractivity contribution in [2.24, 2.45) is 0 Å². The highest BCUT2D eigenvalue weighted by Crippen LogP contribution is 2.21. The number of hydrogen-bond donors (Lipinski definition) is 1. The summed E-state index contributed by atoms with van der Waals surface area (Å²) in [5, 5.41) is 2.88. The van der Waals surface area contributed by atoms with Gasteiger partial charge in [0, 0.05) is 33.5 Å². The van der Waals surface area contributed by atoms with Crippen LogP contribution >= 0.6 is 0 Å². The first kappa shape index (κ1) is 16.0. The average molecular weight is 270 g/mol. The van der Waals surface area contributed by atoms with Crippen LogP contribution in [0.1, 0.15) is 32.1 Å². The monoisotopic (exact) mass is 270 g/mol. The van der Waals surface area contributed by atoms with Crippen LogP contribution in [0.25, 0.3) is 0 Å². The molecular weight excluding hydrogens is 244 g/mol. The molecule has 1 aliphatic carbocycles. The number of carbonyl (C=O) groups is 1. The van der Waals surface area contributed by atoms with E-state index in [-0.39, 0.29) is 6.03 Å². The van der Waals surface area contributed by atoms with Crippen molar-refractivity contribution in [2.75, 3.05) is 40.5 Å². The van der Waals surface area contributed by atoms with Crippen LogP contribution in [-0.4, -0.2) is 51.5 Å². The molecule has 1 N–H and O–H groups in total. The summed E-state index contributed by atoms with van der Waals surface area (Å²) in [5.41, 5.74) is 1.35. The van der Waals surface area contributed by atoms with Crippen LogP contribution in [0.5, 0.6) is 0 Å². The first-order chi connectivity index (χ1) is 9.27. The fraction of sp³-hybridized carbons (Fsp3) is 0.786. The number of amides is 2. The van der Waals surface area contributed by atoms with E-state index in [2.05, 4.69) is 5.32 Å². The Hall–Kier alpha value is -1.07. The first-order valence-corrected chi connectivity index (χ1v) is 6.99. The van der Waals surface area contributed by atoms with Crippen LogP contribution < -0.4 is 5.32 Å². The third-order valence-corrected chi connectivity index (χ3v) is 3.31. The third kappa shape index (κ3) is 6.59. The maximum atomic E-state index is 12.1. The molecule has 0 unspecified atom stereocenters. The fourth-order valence-corrected chi connectivity index (χ4v) is 2.12. The van der Waals surface area contributed by atoms with E-state index < -0.39 is 0 Å². The summed E-state index contributed by atoms with van der Waals surface area (Å²) in [6.07, 6.45) is 7.87. The van der Waals surface area contributed by atoms with Gasteiger partial charge >= 0.3 is 6.03 Å². The summed E-state index contributed by atoms with van der Waals surface area (Å²) < 4.78 is 10.0. The van der Waals surface area contributed by atoms with Gasteiger partial charge in [-0.3, -0.25) is 0 Å². The van der Waals surface area contributed by atoms with Crippen molar-refractivity contribution >= 4 is 6.03 Å². The summed E-state index contributed by atoms with van der Waals surface area (Å²) in [6, 6.07) is -0.0767. The Morgan fingerprint density at radius 1 is 1.16 bits per heavy atom. The summed E-state index contributed by atoms with van der Waals surface area (Å²) >= 11 is 0. The Balaban J connectivity index is 2.40. The van der Waals surface area contributed by atoms with Crippen molar-refractivity contribution in [2.45, 2.75) is 32.1 Å². The van der Waals surface area contributed by atoms with Crippen molar-refractivity contribution < 1.29 is 14.3 Å². The maximum absolute atomic E-state index is 12.1. The van der Waals surface area contributed by atoms with Crippen molar-refractivity contribution in [3.8, 4) is 0 Å². The average Bonchev–Trinajstić information content (AvgIpc) is 2.46. The fourth-order valence-electron chi connectivity index (χ4n) is 2.12. The molecule has 0 radical (unpaired) electrons. The second kappa shape index (κ2) is 9.81. The molecule has 0 aromatic heterocycles. The van der Waals surface area contributed by atoms with Crippen molar-refractivity contribution in [3.05, 3.63) is 11.8 Å². The normalized spacial score (nSPS) is 15.2. The van der Waals surface area contributed by atoms with E-state index in [1.165, 1.54) is 24.8 Å². The largest absolute Gasteiger partial charge is 0.383 e. The number of urea groups is 1. The van der Waals surface area contributed by atoms with Gasteiger partial charge in [0.1, 0.15) is 0 Å². The number of rotatable bonds is 7. The molecule has 0 aliphatic heterocycles. The highest BCUT2D eigenvalue weighted by atomic mass is 16.5. The Morgan fingerprint density at radius 3 is 2.26 bits per heavy atom. The van der Waals surface area contributed by atoms with E-state index in [0.29, 0.717) is 26.3 Å². The molecule has 1 rings (SSSR count). The topological polar surface area (TPSA) is 50.8 Å². The summed E-state index contributed by atoms with van der Waals surface area (Å²) in [4.78, 5) is 13.8. The van der Waals surface area contributed by atoms with E-state index in [1.807, 2.05) is 6.20 Å². The van der Waals surface area contributed by atoms with Gasteiger partial charge in [-0.15, -0.1) is 0 Å². The smallest absolute Gasteiger partial charge is 0.321 e. The van der Waals surface area contributed by atoms with Gasteiger partial charge in [0.25, 0.3) is 0 Å². The molecule has 1 saturated carbocycles. The van der Waals surface area contributed by atoms with Crippen molar-refractivity contribution in [1.29, 1.82) is 0 Å². The number of carbonyl (C=O) groups excluding carboxylic acids is 1. The van der Waals surface area contributed by atoms with Gasteiger partial charge in [0.2, 0.25) is 0 Å². The number of ether oxygens (including phenoxy) is 2. The molecule has 110 valence electrons. The van der Waals surface area contributed by atoms with Crippen LogP contribution in [0, 0.1) is 0 Å². The Bertz CT molecular complexity index is 276. The molecule has 1 aliphatic rings. The van der Waals surface area contributed by atoms with Gasteiger partial charge in [0.15, 0.2) is 0 Å². The van der Waals surface area contributed by atoms with Crippen molar-refractivity contribution in [3.63, 3.8) is 0 Å². The Morgan fingerprint density at radius 2 is 1.74 bits per heavy atom. The molecule has 19 heavy (non-hydrogen) atoms. The van der Waals surface area contributed by atoms with Crippen LogP contribution in [0.4, 0.5) is 4.79 Å². The standard InChI is InChI=1S/C14H26N2O3/c1-18-10-8-16(9-11-19-2)14(17)15-12-13-6-4-3-5-7-13/h12H,3-11H2,1-2H3,(H,15,17). The molecule has 0 spiro atoms. The predicted molar refractivity (Wildman–Crippen MR) is 75.0 cm³/mol. The van der Waals surface area contributed by atoms with Gasteiger partial charge < -0.3 is 19.7 Å². The summed E-state index contributed by atoms with van der Waals surface area (Å²) in [6.45, 7) is 2.23. The molecule has 0 atom stereocenters. The van der Waals surface area contributed by atoms with E-state index in [0.717, 1.165) is 12.8 Å². The number of allylic oxidation sites excluding steroid dienone is 1. The maximum Gasteiger partial charge on any atom is 0.321 e. The van der Waals surface area contributed by atoms with Crippen LogP contribution in [0.15, 0.2) is 11.8 Å². The lowest BCUT2D eigenvalue weighted by atomic mass is 9.96. The summed E-state index contributed by atoms with van der Waals surface area (Å²) in [5.74, 6) is 0. The highest BCUT2D eigenvalue weighted by Gasteiger charge is 2.12. The molecule has 0 heterocycles. The van der Waals surface area contributed by atoms with Gasteiger partial charge in [-0.1, -0.05) is 12.0 Å². The Kier molecular flexibility index (Phi) is 8.25. The second-order valence-electron chi connectivity index (χ2n) is 4.79. The van der Waals surface area contributed by atoms with Crippen LogP contribution in [-0.2, 0) is 9.47 Å². The minimum Gasteiger partial charge on any atom is -0.383 e. The van der Waals surface area contributed by atoms with Gasteiger partial charge in [-0.2, -0.15) is 0 Å². The number of nitrogens with zero attached hydrogens (tertiary/aromatic N) is 1. The SMILES string of the molecule is COCCN(CCOC)C(=O)NC=C1CCCCC1.